The fourth-order valence-corrected chi connectivity index (χ4v) is 4.83. The average Bonchev–Trinajstić information content (AvgIpc) is 3.31. The summed E-state index contributed by atoms with van der Waals surface area (Å²) in [6, 6.07) is 12.4. The molecule has 1 saturated heterocycles. The van der Waals surface area contributed by atoms with E-state index in [1.54, 1.807) is 41.5 Å². The molecule has 0 saturated carbocycles. The van der Waals surface area contributed by atoms with E-state index >= 15 is 0 Å². The summed E-state index contributed by atoms with van der Waals surface area (Å²) in [7, 11) is -1.84. The van der Waals surface area contributed by atoms with E-state index in [9.17, 15) is 8.42 Å². The molecule has 3 aromatic rings. The van der Waals surface area contributed by atoms with Crippen LogP contribution in [0.3, 0.4) is 0 Å². The highest BCUT2D eigenvalue weighted by Gasteiger charge is 2.32. The molecule has 2 aromatic heterocycles. The summed E-state index contributed by atoms with van der Waals surface area (Å²) in [5.41, 5.74) is 2.78. The van der Waals surface area contributed by atoms with Crippen molar-refractivity contribution in [1.82, 2.24) is 19.5 Å². The van der Waals surface area contributed by atoms with Crippen molar-refractivity contribution in [2.75, 3.05) is 13.2 Å². The van der Waals surface area contributed by atoms with E-state index in [-0.39, 0.29) is 16.9 Å². The summed E-state index contributed by atoms with van der Waals surface area (Å²) < 4.78 is 36.1. The Morgan fingerprint density at radius 3 is 2.71 bits per heavy atom. The van der Waals surface area contributed by atoms with Gasteiger partial charge in [-0.25, -0.2) is 13.1 Å². The summed E-state index contributed by atoms with van der Waals surface area (Å²) in [6.07, 6.45) is 5.92. The topological polar surface area (TPSA) is 86.1 Å². The largest absolute Gasteiger partial charge is 0.379 e. The lowest BCUT2D eigenvalue weighted by Gasteiger charge is -2.19. The average molecular weight is 398 g/mol. The molecule has 1 N–H and O–H groups in total. The van der Waals surface area contributed by atoms with Gasteiger partial charge in [0.05, 0.1) is 29.8 Å². The third-order valence-electron chi connectivity index (χ3n) is 5.01. The molecule has 1 aliphatic heterocycles. The first kappa shape index (κ1) is 18.8. The molecule has 4 rings (SSSR count). The third-order valence-corrected chi connectivity index (χ3v) is 6.50. The molecular weight excluding hydrogens is 376 g/mol. The number of rotatable bonds is 6. The van der Waals surface area contributed by atoms with Gasteiger partial charge in [-0.15, -0.1) is 0 Å². The quantitative estimate of drug-likeness (QED) is 0.687. The van der Waals surface area contributed by atoms with Gasteiger partial charge in [0.15, 0.2) is 0 Å². The van der Waals surface area contributed by atoms with Crippen molar-refractivity contribution in [3.05, 3.63) is 66.6 Å². The molecule has 1 aromatic carbocycles. The van der Waals surface area contributed by atoms with Crippen LogP contribution < -0.4 is 4.72 Å². The minimum Gasteiger partial charge on any atom is -0.379 e. The molecule has 1 aliphatic rings. The van der Waals surface area contributed by atoms with Crippen LogP contribution >= 0.6 is 0 Å². The van der Waals surface area contributed by atoms with Crippen molar-refractivity contribution in [1.29, 1.82) is 0 Å². The fraction of sp³-hybridized carbons (Fsp3) is 0.300. The molecular formula is C20H22N4O3S. The van der Waals surface area contributed by atoms with Crippen LogP contribution in [0.5, 0.6) is 0 Å². The zero-order chi connectivity index (χ0) is 19.6. The van der Waals surface area contributed by atoms with Crippen molar-refractivity contribution < 1.29 is 13.2 Å². The van der Waals surface area contributed by atoms with Gasteiger partial charge < -0.3 is 4.74 Å². The number of pyridine rings is 1. The normalized spacial score (nSPS) is 19.8. The van der Waals surface area contributed by atoms with E-state index in [0.29, 0.717) is 13.2 Å². The molecule has 0 radical (unpaired) electrons. The maximum atomic E-state index is 13.0. The molecule has 0 amide bonds. The van der Waals surface area contributed by atoms with Gasteiger partial charge >= 0.3 is 0 Å². The standard InChI is InChI=1S/C20H22N4O3S/c1-24-20(7-10-22-24)16-3-2-4-18(12-16)28(25,26)23-19-14-27-13-17(19)11-15-5-8-21-9-6-15/h2-10,12,17,19,23H,11,13-14H2,1H3/t17-,19-/m1/s1. The van der Waals surface area contributed by atoms with Crippen LogP contribution in [0.1, 0.15) is 5.56 Å². The number of aryl methyl sites for hydroxylation is 1. The lowest BCUT2D eigenvalue weighted by atomic mass is 9.96. The van der Waals surface area contributed by atoms with Gasteiger partial charge in [0.2, 0.25) is 10.0 Å². The molecule has 0 unspecified atom stereocenters. The molecule has 146 valence electrons. The number of aromatic nitrogens is 3. The van der Waals surface area contributed by atoms with Crippen LogP contribution in [0.2, 0.25) is 0 Å². The Labute approximate surface area is 164 Å². The van der Waals surface area contributed by atoms with Crippen molar-refractivity contribution in [3.8, 4) is 11.3 Å². The molecule has 7 nitrogen and oxygen atoms in total. The minimum absolute atomic E-state index is 0.0810. The molecule has 0 bridgehead atoms. The first-order chi connectivity index (χ1) is 13.5. The molecule has 0 spiro atoms. The smallest absolute Gasteiger partial charge is 0.240 e. The van der Waals surface area contributed by atoms with E-state index in [1.807, 2.05) is 31.3 Å². The van der Waals surface area contributed by atoms with Crippen molar-refractivity contribution in [2.45, 2.75) is 17.4 Å². The second kappa shape index (κ2) is 7.83. The first-order valence-corrected chi connectivity index (χ1v) is 10.6. The van der Waals surface area contributed by atoms with Gasteiger partial charge in [-0.05, 0) is 42.3 Å². The van der Waals surface area contributed by atoms with Crippen LogP contribution in [-0.4, -0.2) is 42.4 Å². The Kier molecular flexibility index (Phi) is 5.25. The van der Waals surface area contributed by atoms with Crippen LogP contribution in [-0.2, 0) is 28.2 Å². The highest BCUT2D eigenvalue weighted by Crippen LogP contribution is 2.24. The third kappa shape index (κ3) is 3.99. The first-order valence-electron chi connectivity index (χ1n) is 9.10. The summed E-state index contributed by atoms with van der Waals surface area (Å²) >= 11 is 0. The monoisotopic (exact) mass is 398 g/mol. The predicted molar refractivity (Wildman–Crippen MR) is 105 cm³/mol. The van der Waals surface area contributed by atoms with Crippen molar-refractivity contribution in [3.63, 3.8) is 0 Å². The molecule has 28 heavy (non-hydrogen) atoms. The number of benzene rings is 1. The van der Waals surface area contributed by atoms with Gasteiger partial charge in [0.1, 0.15) is 0 Å². The second-order valence-electron chi connectivity index (χ2n) is 6.95. The Hall–Kier alpha value is -2.55. The molecule has 0 aliphatic carbocycles. The lowest BCUT2D eigenvalue weighted by molar-refractivity contribution is 0.183. The van der Waals surface area contributed by atoms with E-state index in [1.165, 1.54) is 0 Å². The van der Waals surface area contributed by atoms with Crippen molar-refractivity contribution in [2.24, 2.45) is 13.0 Å². The fourth-order valence-electron chi connectivity index (χ4n) is 3.50. The zero-order valence-electron chi connectivity index (χ0n) is 15.5. The van der Waals surface area contributed by atoms with Crippen LogP contribution in [0, 0.1) is 5.92 Å². The summed E-state index contributed by atoms with van der Waals surface area (Å²) in [5.74, 6) is 0.0810. The molecule has 3 heterocycles. The van der Waals surface area contributed by atoms with E-state index in [4.69, 9.17) is 4.74 Å². The van der Waals surface area contributed by atoms with Crippen LogP contribution in [0.4, 0.5) is 0 Å². The number of hydrogen-bond acceptors (Lipinski definition) is 5. The summed E-state index contributed by atoms with van der Waals surface area (Å²) in [4.78, 5) is 4.26. The van der Waals surface area contributed by atoms with Gasteiger partial charge in [0, 0.05) is 37.1 Å². The molecule has 8 heteroatoms. The zero-order valence-corrected chi connectivity index (χ0v) is 16.3. The minimum atomic E-state index is -3.67. The number of nitrogens with zero attached hydrogens (tertiary/aromatic N) is 3. The summed E-state index contributed by atoms with van der Waals surface area (Å²) in [6.45, 7) is 0.904. The molecule has 1 fully saturated rings. The number of nitrogens with one attached hydrogen (secondary N) is 1. The second-order valence-corrected chi connectivity index (χ2v) is 8.67. The SMILES string of the molecule is Cn1nccc1-c1cccc(S(=O)(=O)N[C@@H]2COC[C@H]2Cc2ccncc2)c1. The maximum Gasteiger partial charge on any atom is 0.240 e. The van der Waals surface area contributed by atoms with E-state index < -0.39 is 10.0 Å². The summed E-state index contributed by atoms with van der Waals surface area (Å²) in [5, 5.41) is 4.15. The lowest BCUT2D eigenvalue weighted by Crippen LogP contribution is -2.40. The molecule has 2 atom stereocenters. The van der Waals surface area contributed by atoms with Gasteiger partial charge in [-0.3, -0.25) is 9.67 Å². The Morgan fingerprint density at radius 2 is 1.96 bits per heavy atom. The Bertz CT molecular complexity index is 1050. The van der Waals surface area contributed by atoms with Crippen molar-refractivity contribution >= 4 is 10.0 Å². The highest BCUT2D eigenvalue weighted by atomic mass is 32.2. The Morgan fingerprint density at radius 1 is 1.14 bits per heavy atom. The van der Waals surface area contributed by atoms with Crippen LogP contribution in [0.25, 0.3) is 11.3 Å². The predicted octanol–water partition coefficient (Wildman–Crippen LogP) is 2.02. The van der Waals surface area contributed by atoms with Gasteiger partial charge in [0.25, 0.3) is 0 Å². The number of sulfonamides is 1. The number of hydrogen-bond donors (Lipinski definition) is 1. The maximum absolute atomic E-state index is 13.0. The van der Waals surface area contributed by atoms with Gasteiger partial charge in [-0.2, -0.15) is 5.10 Å². The Balaban J connectivity index is 1.53. The highest BCUT2D eigenvalue weighted by molar-refractivity contribution is 7.89. The van der Waals surface area contributed by atoms with Gasteiger partial charge in [-0.1, -0.05) is 12.1 Å². The van der Waals surface area contributed by atoms with E-state index in [0.717, 1.165) is 23.2 Å². The van der Waals surface area contributed by atoms with E-state index in [2.05, 4.69) is 14.8 Å². The number of ether oxygens (including phenoxy) is 1. The van der Waals surface area contributed by atoms with Crippen LogP contribution in [0.15, 0.2) is 66.0 Å².